The highest BCUT2D eigenvalue weighted by molar-refractivity contribution is 5.41. The van der Waals surface area contributed by atoms with E-state index in [2.05, 4.69) is 0 Å². The van der Waals surface area contributed by atoms with Crippen LogP contribution in [0.15, 0.2) is 36.4 Å². The molecule has 2 nitrogen and oxygen atoms in total. The van der Waals surface area contributed by atoms with E-state index in [9.17, 15) is 13.2 Å². The van der Waals surface area contributed by atoms with Crippen molar-refractivity contribution >= 4 is 0 Å². The predicted octanol–water partition coefficient (Wildman–Crippen LogP) is 3.55. The third-order valence-electron chi connectivity index (χ3n) is 2.93. The van der Waals surface area contributed by atoms with Crippen molar-refractivity contribution in [2.24, 2.45) is 5.73 Å². The molecule has 0 saturated heterocycles. The maximum Gasteiger partial charge on any atom is 0.161 e. The van der Waals surface area contributed by atoms with Gasteiger partial charge in [0.25, 0.3) is 0 Å². The van der Waals surface area contributed by atoms with E-state index in [-0.39, 0.29) is 5.56 Å². The maximum atomic E-state index is 13.8. The minimum atomic E-state index is -1.24. The molecule has 20 heavy (non-hydrogen) atoms. The second-order valence-corrected chi connectivity index (χ2v) is 4.24. The Kier molecular flexibility index (Phi) is 4.29. The summed E-state index contributed by atoms with van der Waals surface area (Å²) in [5, 5.41) is 0. The first-order valence-electron chi connectivity index (χ1n) is 6.16. The van der Waals surface area contributed by atoms with Gasteiger partial charge in [0.2, 0.25) is 0 Å². The number of rotatable bonds is 4. The van der Waals surface area contributed by atoms with Crippen LogP contribution in [0.5, 0.6) is 5.75 Å². The van der Waals surface area contributed by atoms with Crippen LogP contribution < -0.4 is 10.5 Å². The first-order chi connectivity index (χ1) is 9.54. The van der Waals surface area contributed by atoms with Crippen LogP contribution in [0.25, 0.3) is 0 Å². The quantitative estimate of drug-likeness (QED) is 0.870. The normalized spacial score (nSPS) is 12.2. The van der Waals surface area contributed by atoms with Crippen molar-refractivity contribution in [1.82, 2.24) is 0 Å². The number of hydrogen-bond donors (Lipinski definition) is 1. The SMILES string of the molecule is CCOc1ccccc1C(N)c1cc(F)c(F)cc1F. The third-order valence-corrected chi connectivity index (χ3v) is 2.93. The van der Waals surface area contributed by atoms with Gasteiger partial charge in [-0.2, -0.15) is 0 Å². The van der Waals surface area contributed by atoms with Crippen molar-refractivity contribution in [3.8, 4) is 5.75 Å². The summed E-state index contributed by atoms with van der Waals surface area (Å²) < 4.78 is 45.4. The zero-order valence-corrected chi connectivity index (χ0v) is 10.9. The largest absolute Gasteiger partial charge is 0.494 e. The number of ether oxygens (including phenoxy) is 1. The molecule has 1 atom stereocenters. The van der Waals surface area contributed by atoms with E-state index in [4.69, 9.17) is 10.5 Å². The fraction of sp³-hybridized carbons (Fsp3) is 0.200. The Morgan fingerprint density at radius 2 is 1.65 bits per heavy atom. The molecule has 0 radical (unpaired) electrons. The predicted molar refractivity (Wildman–Crippen MR) is 70.0 cm³/mol. The first-order valence-corrected chi connectivity index (χ1v) is 6.16. The monoisotopic (exact) mass is 281 g/mol. The molecule has 2 rings (SSSR count). The van der Waals surface area contributed by atoms with E-state index in [1.54, 1.807) is 31.2 Å². The van der Waals surface area contributed by atoms with Crippen molar-refractivity contribution in [3.05, 3.63) is 65.0 Å². The van der Waals surface area contributed by atoms with E-state index < -0.39 is 23.5 Å². The molecule has 2 N–H and O–H groups in total. The number of para-hydroxylation sites is 1. The summed E-state index contributed by atoms with van der Waals surface area (Å²) in [6, 6.07) is 7.16. The lowest BCUT2D eigenvalue weighted by atomic mass is 9.98. The molecule has 2 aromatic rings. The molecular weight excluding hydrogens is 267 g/mol. The first kappa shape index (κ1) is 14.4. The van der Waals surface area contributed by atoms with E-state index in [0.717, 1.165) is 6.07 Å². The topological polar surface area (TPSA) is 35.2 Å². The zero-order valence-electron chi connectivity index (χ0n) is 10.9. The lowest BCUT2D eigenvalue weighted by molar-refractivity contribution is 0.335. The van der Waals surface area contributed by atoms with Gasteiger partial charge in [0.15, 0.2) is 11.6 Å². The smallest absolute Gasteiger partial charge is 0.161 e. The number of nitrogens with two attached hydrogens (primary N) is 1. The van der Waals surface area contributed by atoms with Gasteiger partial charge in [-0.15, -0.1) is 0 Å². The Morgan fingerprint density at radius 1 is 1.00 bits per heavy atom. The number of hydrogen-bond acceptors (Lipinski definition) is 2. The molecular formula is C15H14F3NO. The summed E-state index contributed by atoms with van der Waals surface area (Å²) in [4.78, 5) is 0. The molecule has 0 bridgehead atoms. The molecule has 0 saturated carbocycles. The average Bonchev–Trinajstić information content (AvgIpc) is 2.43. The Balaban J connectivity index is 2.46. The second kappa shape index (κ2) is 5.96. The van der Waals surface area contributed by atoms with E-state index >= 15 is 0 Å². The molecule has 5 heteroatoms. The van der Waals surface area contributed by atoms with Crippen molar-refractivity contribution < 1.29 is 17.9 Å². The van der Waals surface area contributed by atoms with Crippen molar-refractivity contribution in [1.29, 1.82) is 0 Å². The summed E-state index contributed by atoms with van der Waals surface area (Å²) in [5.74, 6) is -2.77. The van der Waals surface area contributed by atoms with Crippen molar-refractivity contribution in [2.75, 3.05) is 6.61 Å². The molecule has 0 amide bonds. The van der Waals surface area contributed by atoms with Gasteiger partial charge < -0.3 is 10.5 Å². The molecule has 0 aliphatic heterocycles. The molecule has 0 fully saturated rings. The van der Waals surface area contributed by atoms with E-state index in [1.807, 2.05) is 0 Å². The highest BCUT2D eigenvalue weighted by atomic mass is 19.2. The molecule has 0 aromatic heterocycles. The molecule has 0 aliphatic rings. The Labute approximate surface area is 115 Å². The Bertz CT molecular complexity index is 616. The van der Waals surface area contributed by atoms with Crippen LogP contribution in [0, 0.1) is 17.5 Å². The standard InChI is InChI=1S/C15H14F3NO/c1-2-20-14-6-4-3-5-9(14)15(19)10-7-12(17)13(18)8-11(10)16/h3-8,15H,2,19H2,1H3. The van der Waals surface area contributed by atoms with Crippen LogP contribution >= 0.6 is 0 Å². The highest BCUT2D eigenvalue weighted by Crippen LogP contribution is 2.30. The zero-order chi connectivity index (χ0) is 14.7. The van der Waals surface area contributed by atoms with Gasteiger partial charge in [-0.25, -0.2) is 13.2 Å². The van der Waals surface area contributed by atoms with Gasteiger partial charge >= 0.3 is 0 Å². The average molecular weight is 281 g/mol. The fourth-order valence-corrected chi connectivity index (χ4v) is 1.97. The van der Waals surface area contributed by atoms with Gasteiger partial charge in [-0.05, 0) is 19.1 Å². The third kappa shape index (κ3) is 2.77. The lowest BCUT2D eigenvalue weighted by Gasteiger charge is -2.17. The molecule has 0 heterocycles. The Hall–Kier alpha value is -2.01. The number of benzene rings is 2. The highest BCUT2D eigenvalue weighted by Gasteiger charge is 2.20. The molecule has 106 valence electrons. The fourth-order valence-electron chi connectivity index (χ4n) is 1.97. The van der Waals surface area contributed by atoms with E-state index in [1.165, 1.54) is 0 Å². The molecule has 0 aliphatic carbocycles. The van der Waals surface area contributed by atoms with Gasteiger partial charge in [0.05, 0.1) is 12.6 Å². The summed E-state index contributed by atoms with van der Waals surface area (Å²) in [5.41, 5.74) is 6.36. The number of halogens is 3. The van der Waals surface area contributed by atoms with Gasteiger partial charge in [-0.3, -0.25) is 0 Å². The molecule has 0 spiro atoms. The molecule has 2 aromatic carbocycles. The summed E-state index contributed by atoms with van der Waals surface area (Å²) in [7, 11) is 0. The van der Waals surface area contributed by atoms with Gasteiger partial charge in [-0.1, -0.05) is 18.2 Å². The van der Waals surface area contributed by atoms with Crippen LogP contribution in [-0.2, 0) is 0 Å². The van der Waals surface area contributed by atoms with Crippen molar-refractivity contribution in [2.45, 2.75) is 13.0 Å². The van der Waals surface area contributed by atoms with Crippen LogP contribution in [0.1, 0.15) is 24.1 Å². The van der Waals surface area contributed by atoms with E-state index in [0.29, 0.717) is 24.0 Å². The minimum absolute atomic E-state index is 0.115. The Morgan fingerprint density at radius 3 is 2.35 bits per heavy atom. The van der Waals surface area contributed by atoms with Crippen LogP contribution in [0.4, 0.5) is 13.2 Å². The van der Waals surface area contributed by atoms with Crippen molar-refractivity contribution in [3.63, 3.8) is 0 Å². The summed E-state index contributed by atoms with van der Waals surface area (Å²) in [6.45, 7) is 2.23. The minimum Gasteiger partial charge on any atom is -0.494 e. The lowest BCUT2D eigenvalue weighted by Crippen LogP contribution is -2.16. The van der Waals surface area contributed by atoms with Gasteiger partial charge in [0.1, 0.15) is 11.6 Å². The summed E-state index contributed by atoms with van der Waals surface area (Å²) in [6.07, 6.45) is 0. The maximum absolute atomic E-state index is 13.8. The van der Waals surface area contributed by atoms with Gasteiger partial charge in [0, 0.05) is 17.2 Å². The summed E-state index contributed by atoms with van der Waals surface area (Å²) >= 11 is 0. The second-order valence-electron chi connectivity index (χ2n) is 4.24. The molecule has 1 unspecified atom stereocenters. The van der Waals surface area contributed by atoms with Crippen LogP contribution in [0.3, 0.4) is 0 Å². The van der Waals surface area contributed by atoms with Crippen LogP contribution in [0.2, 0.25) is 0 Å². The van der Waals surface area contributed by atoms with Crippen LogP contribution in [-0.4, -0.2) is 6.61 Å².